The van der Waals surface area contributed by atoms with Gasteiger partial charge < -0.3 is 14.6 Å². The fraction of sp³-hybridized carbons (Fsp3) is 1.00. The highest BCUT2D eigenvalue weighted by atomic mass is 16.7. The van der Waals surface area contributed by atoms with Crippen LogP contribution in [-0.4, -0.2) is 29.7 Å². The van der Waals surface area contributed by atoms with Gasteiger partial charge in [0.05, 0.1) is 18.8 Å². The molecule has 0 aromatic carbocycles. The highest BCUT2D eigenvalue weighted by Gasteiger charge is 2.71. The van der Waals surface area contributed by atoms with Gasteiger partial charge in [-0.2, -0.15) is 0 Å². The van der Waals surface area contributed by atoms with Crippen molar-refractivity contribution in [3.8, 4) is 0 Å². The Labute approximate surface area is 190 Å². The topological polar surface area (TPSA) is 38.7 Å². The number of aliphatic hydroxyl groups excluding tert-OH is 1. The molecule has 1 spiro atoms. The van der Waals surface area contributed by atoms with Crippen molar-refractivity contribution in [1.82, 2.24) is 0 Å². The van der Waals surface area contributed by atoms with E-state index in [1.165, 1.54) is 44.9 Å². The molecular formula is C28H46O3. The second kappa shape index (κ2) is 6.72. The fourth-order valence-corrected chi connectivity index (χ4v) is 10.9. The Balaban J connectivity index is 1.30. The SMILES string of the molecule is C[C@H]1CCC2(OC1)OC1C[C@H]3[C@]4(C)CC[C@@H]5C[C@@H](O)CC[C@]5(C)[C@H]4CC[C@@]3(C)C1[C@@H]2C. The van der Waals surface area contributed by atoms with Crippen LogP contribution in [0.25, 0.3) is 0 Å². The Morgan fingerprint density at radius 3 is 2.26 bits per heavy atom. The highest BCUT2D eigenvalue weighted by Crippen LogP contribution is 2.75. The summed E-state index contributed by atoms with van der Waals surface area (Å²) in [4.78, 5) is 0. The summed E-state index contributed by atoms with van der Waals surface area (Å²) >= 11 is 0. The summed E-state index contributed by atoms with van der Waals surface area (Å²) in [6.07, 6.45) is 12.7. The van der Waals surface area contributed by atoms with Gasteiger partial charge in [-0.05, 0) is 104 Å². The third kappa shape index (κ3) is 2.69. The maximum atomic E-state index is 10.4. The van der Waals surface area contributed by atoms with Crippen LogP contribution >= 0.6 is 0 Å². The van der Waals surface area contributed by atoms with E-state index in [9.17, 15) is 5.11 Å². The van der Waals surface area contributed by atoms with E-state index >= 15 is 0 Å². The predicted molar refractivity (Wildman–Crippen MR) is 122 cm³/mol. The molecule has 6 rings (SSSR count). The molecule has 12 atom stereocenters. The van der Waals surface area contributed by atoms with Crippen LogP contribution in [0, 0.1) is 51.8 Å². The van der Waals surface area contributed by atoms with Crippen LogP contribution in [0.4, 0.5) is 0 Å². The molecule has 3 nitrogen and oxygen atoms in total. The molecule has 0 aromatic heterocycles. The minimum Gasteiger partial charge on any atom is -0.393 e. The Morgan fingerprint density at radius 2 is 1.52 bits per heavy atom. The molecule has 3 unspecified atom stereocenters. The van der Waals surface area contributed by atoms with Crippen molar-refractivity contribution in [3.05, 3.63) is 0 Å². The van der Waals surface area contributed by atoms with Crippen molar-refractivity contribution >= 4 is 0 Å². The van der Waals surface area contributed by atoms with E-state index in [2.05, 4.69) is 34.6 Å². The van der Waals surface area contributed by atoms with E-state index in [1.807, 2.05) is 0 Å². The first-order chi connectivity index (χ1) is 14.6. The molecule has 2 saturated heterocycles. The lowest BCUT2D eigenvalue weighted by Crippen LogP contribution is -2.59. The van der Waals surface area contributed by atoms with Crippen molar-refractivity contribution in [2.24, 2.45) is 51.8 Å². The number of hydrogen-bond donors (Lipinski definition) is 1. The average molecular weight is 431 g/mol. The first kappa shape index (κ1) is 21.4. The molecule has 6 fully saturated rings. The monoisotopic (exact) mass is 430 g/mol. The largest absolute Gasteiger partial charge is 0.393 e. The highest BCUT2D eigenvalue weighted by molar-refractivity contribution is 5.18. The molecule has 2 aliphatic heterocycles. The van der Waals surface area contributed by atoms with E-state index in [1.54, 1.807) is 0 Å². The third-order valence-corrected chi connectivity index (χ3v) is 12.5. The van der Waals surface area contributed by atoms with Crippen LogP contribution in [0.2, 0.25) is 0 Å². The molecule has 4 saturated carbocycles. The van der Waals surface area contributed by atoms with Crippen molar-refractivity contribution < 1.29 is 14.6 Å². The Hall–Kier alpha value is -0.120. The van der Waals surface area contributed by atoms with Crippen LogP contribution in [0.5, 0.6) is 0 Å². The van der Waals surface area contributed by atoms with E-state index in [0.29, 0.717) is 40.1 Å². The number of ether oxygens (including phenoxy) is 2. The molecule has 0 aromatic rings. The van der Waals surface area contributed by atoms with Gasteiger partial charge in [-0.3, -0.25) is 0 Å². The van der Waals surface area contributed by atoms with Gasteiger partial charge in [0.1, 0.15) is 0 Å². The van der Waals surface area contributed by atoms with Crippen molar-refractivity contribution in [1.29, 1.82) is 0 Å². The van der Waals surface area contributed by atoms with Gasteiger partial charge in [-0.1, -0.05) is 34.6 Å². The maximum Gasteiger partial charge on any atom is 0.171 e. The van der Waals surface area contributed by atoms with Crippen LogP contribution in [0.3, 0.4) is 0 Å². The van der Waals surface area contributed by atoms with E-state index < -0.39 is 0 Å². The van der Waals surface area contributed by atoms with E-state index in [0.717, 1.165) is 43.6 Å². The van der Waals surface area contributed by atoms with Crippen LogP contribution < -0.4 is 0 Å². The molecule has 6 aliphatic rings. The molecule has 2 heterocycles. The summed E-state index contributed by atoms with van der Waals surface area (Å²) in [6, 6.07) is 0. The molecule has 176 valence electrons. The van der Waals surface area contributed by atoms with Gasteiger partial charge in [0.2, 0.25) is 0 Å². The van der Waals surface area contributed by atoms with Crippen LogP contribution in [0.15, 0.2) is 0 Å². The molecule has 31 heavy (non-hydrogen) atoms. The zero-order valence-corrected chi connectivity index (χ0v) is 20.7. The summed E-state index contributed by atoms with van der Waals surface area (Å²) in [5.74, 6) is 3.87. The Morgan fingerprint density at radius 1 is 0.774 bits per heavy atom. The van der Waals surface area contributed by atoms with Crippen molar-refractivity contribution in [3.63, 3.8) is 0 Å². The Kier molecular flexibility index (Phi) is 4.65. The van der Waals surface area contributed by atoms with Gasteiger partial charge in [0.25, 0.3) is 0 Å². The smallest absolute Gasteiger partial charge is 0.171 e. The van der Waals surface area contributed by atoms with E-state index in [4.69, 9.17) is 9.47 Å². The molecule has 0 bridgehead atoms. The number of fused-ring (bicyclic) bond motifs is 7. The van der Waals surface area contributed by atoms with Crippen molar-refractivity contribution in [2.75, 3.05) is 6.61 Å². The molecule has 0 amide bonds. The van der Waals surface area contributed by atoms with Gasteiger partial charge in [0.15, 0.2) is 5.79 Å². The molecule has 1 N–H and O–H groups in total. The zero-order chi connectivity index (χ0) is 21.8. The number of aliphatic hydroxyl groups is 1. The maximum absolute atomic E-state index is 10.4. The lowest BCUT2D eigenvalue weighted by atomic mass is 9.39. The summed E-state index contributed by atoms with van der Waals surface area (Å²) in [7, 11) is 0. The molecule has 4 aliphatic carbocycles. The minimum absolute atomic E-state index is 0.0502. The third-order valence-electron chi connectivity index (χ3n) is 12.5. The summed E-state index contributed by atoms with van der Waals surface area (Å²) < 4.78 is 13.4. The Bertz CT molecular complexity index is 728. The minimum atomic E-state index is -0.295. The van der Waals surface area contributed by atoms with Gasteiger partial charge in [-0.25, -0.2) is 0 Å². The predicted octanol–water partition coefficient (Wildman–Crippen LogP) is 6.18. The van der Waals surface area contributed by atoms with E-state index in [-0.39, 0.29) is 11.9 Å². The average Bonchev–Trinajstić information content (AvgIpc) is 3.17. The fourth-order valence-electron chi connectivity index (χ4n) is 10.9. The zero-order valence-electron chi connectivity index (χ0n) is 20.7. The van der Waals surface area contributed by atoms with Gasteiger partial charge in [0, 0.05) is 12.3 Å². The first-order valence-electron chi connectivity index (χ1n) is 13.6. The molecule has 3 heteroatoms. The van der Waals surface area contributed by atoms with Crippen LogP contribution in [0.1, 0.15) is 98.8 Å². The number of rotatable bonds is 0. The van der Waals surface area contributed by atoms with Crippen LogP contribution in [-0.2, 0) is 9.47 Å². The standard InChI is InChI=1S/C28H46O3/c1-17-6-13-28(30-16-17)18(2)24-21(31-28)15-23-26(4)10-7-19-14-20(29)8-11-25(19,3)22(26)9-12-27(23,24)5/h17-24,29H,6-16H2,1-5H3/t17-,18-,19+,20-,21?,22+,23-,24?,25-,26+,27+,28?/m0/s1. The lowest BCUT2D eigenvalue weighted by Gasteiger charge is -2.66. The normalized spacial score (nSPS) is 63.3. The van der Waals surface area contributed by atoms with Gasteiger partial charge in [-0.15, -0.1) is 0 Å². The summed E-state index contributed by atoms with van der Waals surface area (Å²) in [6.45, 7) is 13.6. The second-order valence-corrected chi connectivity index (χ2v) is 13.8. The lowest BCUT2D eigenvalue weighted by molar-refractivity contribution is -0.275. The number of hydrogen-bond acceptors (Lipinski definition) is 3. The van der Waals surface area contributed by atoms with Crippen molar-refractivity contribution in [2.45, 2.75) is 117 Å². The molecule has 0 radical (unpaired) electrons. The quantitative estimate of drug-likeness (QED) is 0.498. The first-order valence-corrected chi connectivity index (χ1v) is 13.6. The summed E-state index contributed by atoms with van der Waals surface area (Å²) in [5.41, 5.74) is 1.26. The summed E-state index contributed by atoms with van der Waals surface area (Å²) in [5, 5.41) is 10.4. The molecular weight excluding hydrogens is 384 g/mol. The van der Waals surface area contributed by atoms with Gasteiger partial charge >= 0.3 is 0 Å². The second-order valence-electron chi connectivity index (χ2n) is 13.8.